The predicted octanol–water partition coefficient (Wildman–Crippen LogP) is 3.82. The van der Waals surface area contributed by atoms with Crippen molar-refractivity contribution in [2.24, 2.45) is 0 Å². The Kier molecular flexibility index (Phi) is 5.38. The molecule has 1 aromatic carbocycles. The van der Waals surface area contributed by atoms with E-state index in [0.29, 0.717) is 11.8 Å². The predicted molar refractivity (Wildman–Crippen MR) is 99.5 cm³/mol. The Balaban J connectivity index is 1.86. The third-order valence-corrected chi connectivity index (χ3v) is 4.40. The molecule has 7 nitrogen and oxygen atoms in total. The van der Waals surface area contributed by atoms with Gasteiger partial charge in [0.25, 0.3) is 0 Å². The van der Waals surface area contributed by atoms with Crippen LogP contribution < -0.4 is 11.2 Å². The number of nitrogens with zero attached hydrogens (tertiary/aromatic N) is 4. The number of benzene rings is 1. The SMILES string of the molecule is Nc1nn(CC(=O)c2ccc(Cl)c(C(F)(F)F)c2)c(=S)n1Nc1ccncc1. The monoisotopic (exact) mass is 428 g/mol. The molecule has 28 heavy (non-hydrogen) atoms. The molecule has 2 heterocycles. The number of aromatic nitrogens is 4. The number of ketones is 1. The number of nitrogens with two attached hydrogens (primary N) is 1. The van der Waals surface area contributed by atoms with Gasteiger partial charge in [-0.25, -0.2) is 4.68 Å². The molecule has 0 saturated carbocycles. The molecule has 3 aromatic rings. The van der Waals surface area contributed by atoms with Crippen molar-refractivity contribution in [2.45, 2.75) is 12.7 Å². The summed E-state index contributed by atoms with van der Waals surface area (Å²) in [6, 6.07) is 6.25. The van der Waals surface area contributed by atoms with E-state index >= 15 is 0 Å². The molecule has 0 fully saturated rings. The minimum absolute atomic E-state index is 0.0262. The van der Waals surface area contributed by atoms with Crippen molar-refractivity contribution >= 4 is 41.2 Å². The number of rotatable bonds is 5. The number of halogens is 4. The van der Waals surface area contributed by atoms with Crippen LogP contribution in [-0.2, 0) is 12.7 Å². The topological polar surface area (TPSA) is 90.8 Å². The summed E-state index contributed by atoms with van der Waals surface area (Å²) in [5, 5.41) is 3.48. The quantitative estimate of drug-likeness (QED) is 0.474. The Morgan fingerprint density at radius 1 is 1.25 bits per heavy atom. The van der Waals surface area contributed by atoms with Crippen LogP contribution in [0.2, 0.25) is 5.02 Å². The van der Waals surface area contributed by atoms with Gasteiger partial charge in [0, 0.05) is 18.0 Å². The van der Waals surface area contributed by atoms with Crippen molar-refractivity contribution in [1.82, 2.24) is 19.4 Å². The summed E-state index contributed by atoms with van der Waals surface area (Å²) in [7, 11) is 0. The molecule has 0 spiro atoms. The van der Waals surface area contributed by atoms with Gasteiger partial charge in [-0.15, -0.1) is 5.10 Å². The van der Waals surface area contributed by atoms with Crippen LogP contribution in [0, 0.1) is 4.77 Å². The van der Waals surface area contributed by atoms with Crippen molar-refractivity contribution in [3.05, 3.63) is 63.6 Å². The molecule has 0 amide bonds. The van der Waals surface area contributed by atoms with E-state index in [2.05, 4.69) is 15.5 Å². The Hall–Kier alpha value is -2.92. The first kappa shape index (κ1) is 19.8. The van der Waals surface area contributed by atoms with Gasteiger partial charge in [-0.2, -0.15) is 17.8 Å². The minimum Gasteiger partial charge on any atom is -0.366 e. The summed E-state index contributed by atoms with van der Waals surface area (Å²) in [6.45, 7) is -0.396. The molecule has 0 saturated heterocycles. The van der Waals surface area contributed by atoms with Crippen molar-refractivity contribution in [1.29, 1.82) is 0 Å². The standard InChI is InChI=1S/C16H12ClF3N6OS/c17-12-2-1-9(7-11(12)16(18,19)20)13(27)8-25-15(28)26(14(21)24-25)23-10-3-5-22-6-4-10/h1-7H,8H2,(H2,21,24)(H,22,23). The Bertz CT molecular complexity index is 1080. The fourth-order valence-electron chi connectivity index (χ4n) is 2.33. The Morgan fingerprint density at radius 2 is 1.93 bits per heavy atom. The van der Waals surface area contributed by atoms with Crippen LogP contribution in [0.25, 0.3) is 0 Å². The van der Waals surface area contributed by atoms with Crippen LogP contribution in [-0.4, -0.2) is 25.2 Å². The van der Waals surface area contributed by atoms with Crippen molar-refractivity contribution < 1.29 is 18.0 Å². The molecule has 0 unspecified atom stereocenters. The van der Waals surface area contributed by atoms with Crippen LogP contribution in [0.4, 0.5) is 24.8 Å². The van der Waals surface area contributed by atoms with Crippen molar-refractivity contribution in [3.8, 4) is 0 Å². The van der Waals surface area contributed by atoms with Crippen LogP contribution in [0.3, 0.4) is 0 Å². The molecule has 2 aromatic heterocycles. The number of carbonyl (C=O) groups excluding carboxylic acids is 1. The third-order valence-electron chi connectivity index (χ3n) is 3.67. The van der Waals surface area contributed by atoms with Gasteiger partial charge in [0.2, 0.25) is 10.7 Å². The van der Waals surface area contributed by atoms with E-state index in [-0.39, 0.29) is 16.3 Å². The van der Waals surface area contributed by atoms with Crippen LogP contribution in [0.1, 0.15) is 15.9 Å². The maximum atomic E-state index is 13.0. The average molecular weight is 429 g/mol. The number of nitrogen functional groups attached to an aromatic ring is 1. The second-order valence-electron chi connectivity index (χ2n) is 5.60. The number of carbonyl (C=O) groups is 1. The highest BCUT2D eigenvalue weighted by Gasteiger charge is 2.33. The zero-order valence-corrected chi connectivity index (χ0v) is 15.5. The third kappa shape index (κ3) is 4.15. The first-order valence-electron chi connectivity index (χ1n) is 7.69. The molecular formula is C16H12ClF3N6OS. The van der Waals surface area contributed by atoms with Crippen molar-refractivity contribution in [3.63, 3.8) is 0 Å². The van der Waals surface area contributed by atoms with Gasteiger partial charge in [-0.05, 0) is 42.5 Å². The number of alkyl halides is 3. The minimum atomic E-state index is -4.68. The number of hydrogen-bond acceptors (Lipinski definition) is 6. The number of Topliss-reactive ketones (excluding diaryl/α,β-unsaturated/α-hetero) is 1. The van der Waals surface area contributed by atoms with Gasteiger partial charge < -0.3 is 5.73 Å². The largest absolute Gasteiger partial charge is 0.417 e. The van der Waals surface area contributed by atoms with Crippen LogP contribution >= 0.6 is 23.8 Å². The smallest absolute Gasteiger partial charge is 0.366 e. The fourth-order valence-corrected chi connectivity index (χ4v) is 2.80. The number of anilines is 2. The van der Waals surface area contributed by atoms with Gasteiger partial charge in [-0.3, -0.25) is 15.2 Å². The van der Waals surface area contributed by atoms with Gasteiger partial charge >= 0.3 is 6.18 Å². The maximum absolute atomic E-state index is 13.0. The average Bonchev–Trinajstić information content (AvgIpc) is 2.89. The number of nitrogens with one attached hydrogen (secondary N) is 1. The zero-order chi connectivity index (χ0) is 20.5. The lowest BCUT2D eigenvalue weighted by atomic mass is 10.1. The summed E-state index contributed by atoms with van der Waals surface area (Å²) in [4.78, 5) is 16.3. The zero-order valence-electron chi connectivity index (χ0n) is 13.9. The van der Waals surface area contributed by atoms with Gasteiger partial charge in [0.05, 0.1) is 16.3 Å². The van der Waals surface area contributed by atoms with Crippen molar-refractivity contribution in [2.75, 3.05) is 11.2 Å². The molecule has 3 rings (SSSR count). The lowest BCUT2D eigenvalue weighted by molar-refractivity contribution is -0.137. The Labute approximate surface area is 166 Å². The normalized spacial score (nSPS) is 11.4. The first-order chi connectivity index (χ1) is 13.2. The van der Waals surface area contributed by atoms with Crippen LogP contribution in [0.15, 0.2) is 42.7 Å². The lowest BCUT2D eigenvalue weighted by Crippen LogP contribution is -2.15. The number of pyridine rings is 1. The molecule has 146 valence electrons. The lowest BCUT2D eigenvalue weighted by Gasteiger charge is -2.10. The molecule has 0 radical (unpaired) electrons. The maximum Gasteiger partial charge on any atom is 0.417 e. The van der Waals surface area contributed by atoms with Crippen LogP contribution in [0.5, 0.6) is 0 Å². The highest BCUT2D eigenvalue weighted by molar-refractivity contribution is 7.71. The first-order valence-corrected chi connectivity index (χ1v) is 8.48. The highest BCUT2D eigenvalue weighted by Crippen LogP contribution is 2.35. The summed E-state index contributed by atoms with van der Waals surface area (Å²) in [5.41, 5.74) is 8.07. The van der Waals surface area contributed by atoms with Gasteiger partial charge in [-0.1, -0.05) is 11.6 Å². The van der Waals surface area contributed by atoms with Gasteiger partial charge in [0.1, 0.15) is 6.54 Å². The van der Waals surface area contributed by atoms with E-state index in [1.165, 1.54) is 10.7 Å². The molecule has 0 aliphatic carbocycles. The highest BCUT2D eigenvalue weighted by atomic mass is 35.5. The van der Waals surface area contributed by atoms with E-state index in [4.69, 9.17) is 29.6 Å². The molecule has 0 aliphatic heterocycles. The summed E-state index contributed by atoms with van der Waals surface area (Å²) in [6.07, 6.45) is -1.58. The van der Waals surface area contributed by atoms with E-state index in [1.54, 1.807) is 24.5 Å². The molecule has 0 aliphatic rings. The van der Waals surface area contributed by atoms with E-state index in [1.807, 2.05) is 0 Å². The second-order valence-corrected chi connectivity index (χ2v) is 6.37. The molecule has 3 N–H and O–H groups in total. The van der Waals surface area contributed by atoms with Gasteiger partial charge in [0.15, 0.2) is 5.78 Å². The molecular weight excluding hydrogens is 417 g/mol. The molecule has 12 heteroatoms. The second kappa shape index (κ2) is 7.60. The van der Waals surface area contributed by atoms with E-state index in [0.717, 1.165) is 10.7 Å². The van der Waals surface area contributed by atoms with E-state index < -0.39 is 29.1 Å². The fraction of sp³-hybridized carbons (Fsp3) is 0.125. The van der Waals surface area contributed by atoms with E-state index in [9.17, 15) is 18.0 Å². The summed E-state index contributed by atoms with van der Waals surface area (Å²) >= 11 is 10.8. The summed E-state index contributed by atoms with van der Waals surface area (Å²) < 4.78 is 41.4. The molecule has 0 bridgehead atoms. The number of hydrogen-bond donors (Lipinski definition) is 2. The molecule has 0 atom stereocenters. The Morgan fingerprint density at radius 3 is 2.57 bits per heavy atom. The summed E-state index contributed by atoms with van der Waals surface area (Å²) in [5.74, 6) is -0.659.